The second kappa shape index (κ2) is 10.8. The van der Waals surface area contributed by atoms with Crippen molar-refractivity contribution in [3.05, 3.63) is 65.5 Å². The van der Waals surface area contributed by atoms with Crippen LogP contribution in [0.15, 0.2) is 48.8 Å². The van der Waals surface area contributed by atoms with Crippen molar-refractivity contribution in [2.24, 2.45) is 0 Å². The predicted octanol–water partition coefficient (Wildman–Crippen LogP) is 5.10. The first-order valence-corrected chi connectivity index (χ1v) is 7.00. The molecule has 0 aliphatic carbocycles. The Morgan fingerprint density at radius 1 is 1.05 bits per heavy atom. The van der Waals surface area contributed by atoms with E-state index in [4.69, 9.17) is 5.26 Å². The lowest BCUT2D eigenvalue weighted by Gasteiger charge is -2.02. The summed E-state index contributed by atoms with van der Waals surface area (Å²) < 4.78 is 0. The van der Waals surface area contributed by atoms with Crippen LogP contribution in [-0.4, -0.2) is 4.98 Å². The molecule has 0 atom stereocenters. The van der Waals surface area contributed by atoms with Crippen molar-refractivity contribution in [3.63, 3.8) is 0 Å². The highest BCUT2D eigenvalue weighted by molar-refractivity contribution is 5.30. The van der Waals surface area contributed by atoms with Gasteiger partial charge in [0.2, 0.25) is 0 Å². The fourth-order valence-corrected chi connectivity index (χ4v) is 1.37. The van der Waals surface area contributed by atoms with Gasteiger partial charge in [-0.1, -0.05) is 63.6 Å². The van der Waals surface area contributed by atoms with Gasteiger partial charge in [0.15, 0.2) is 0 Å². The zero-order chi connectivity index (χ0) is 15.4. The third kappa shape index (κ3) is 7.33. The van der Waals surface area contributed by atoms with Crippen LogP contribution < -0.4 is 0 Å². The molecule has 2 aromatic rings. The van der Waals surface area contributed by atoms with Gasteiger partial charge in [0.1, 0.15) is 6.07 Å². The van der Waals surface area contributed by atoms with Gasteiger partial charge in [-0.25, -0.2) is 0 Å². The van der Waals surface area contributed by atoms with E-state index < -0.39 is 0 Å². The lowest BCUT2D eigenvalue weighted by molar-refractivity contribution is 0.857. The van der Waals surface area contributed by atoms with Crippen LogP contribution in [0.4, 0.5) is 0 Å². The van der Waals surface area contributed by atoms with Crippen LogP contribution in [0.5, 0.6) is 0 Å². The van der Waals surface area contributed by atoms with E-state index in [-0.39, 0.29) is 0 Å². The number of hydrogen-bond acceptors (Lipinski definition) is 2. The average molecular weight is 268 g/mol. The lowest BCUT2D eigenvalue weighted by Crippen LogP contribution is -1.89. The third-order valence-electron chi connectivity index (χ3n) is 2.50. The van der Waals surface area contributed by atoms with E-state index in [1.54, 1.807) is 12.4 Å². The summed E-state index contributed by atoms with van der Waals surface area (Å²) in [4.78, 5) is 3.95. The lowest BCUT2D eigenvalue weighted by atomic mass is 10.0. The number of aromatic nitrogens is 1. The average Bonchev–Trinajstić information content (AvgIpc) is 2.51. The van der Waals surface area contributed by atoms with E-state index in [1.807, 2.05) is 38.1 Å². The van der Waals surface area contributed by atoms with Crippen LogP contribution in [0.3, 0.4) is 0 Å². The second-order valence-electron chi connectivity index (χ2n) is 4.43. The van der Waals surface area contributed by atoms with Crippen molar-refractivity contribution in [1.82, 2.24) is 4.98 Å². The molecule has 1 aromatic carbocycles. The van der Waals surface area contributed by atoms with Gasteiger partial charge in [-0.3, -0.25) is 4.98 Å². The number of benzene rings is 1. The minimum Gasteiger partial charge on any atom is -0.263 e. The highest BCUT2D eigenvalue weighted by atomic mass is 14.6. The van der Waals surface area contributed by atoms with E-state index in [2.05, 4.69) is 44.0 Å². The van der Waals surface area contributed by atoms with E-state index >= 15 is 0 Å². The molecular formula is C18H24N2. The summed E-state index contributed by atoms with van der Waals surface area (Å²) in [6.45, 7) is 10.2. The molecule has 0 fully saturated rings. The SMILES string of the molecule is CC.CC(C)c1cncc(C#N)c1.Cc1ccccc1. The standard InChI is InChI=1S/C9H10N2.C7H8.C2H6/c1-7(2)9-3-8(4-10)5-11-6-9;1-7-5-3-2-4-6-7;1-2/h3,5-7H,1-2H3;2-6H,1H3;1-2H3. The third-order valence-corrected chi connectivity index (χ3v) is 2.50. The molecular weight excluding hydrogens is 244 g/mol. The van der Waals surface area contributed by atoms with Gasteiger partial charge in [-0.05, 0) is 24.5 Å². The Kier molecular flexibility index (Phi) is 9.60. The van der Waals surface area contributed by atoms with Crippen LogP contribution in [0.25, 0.3) is 0 Å². The maximum absolute atomic E-state index is 8.55. The van der Waals surface area contributed by atoms with Gasteiger partial charge >= 0.3 is 0 Å². The van der Waals surface area contributed by atoms with Crippen molar-refractivity contribution in [1.29, 1.82) is 5.26 Å². The molecule has 1 aromatic heterocycles. The Hall–Kier alpha value is -2.14. The number of pyridine rings is 1. The van der Waals surface area contributed by atoms with Crippen molar-refractivity contribution >= 4 is 0 Å². The molecule has 0 aliphatic rings. The Morgan fingerprint density at radius 3 is 2.05 bits per heavy atom. The minimum atomic E-state index is 0.441. The maximum Gasteiger partial charge on any atom is 0.101 e. The van der Waals surface area contributed by atoms with Gasteiger partial charge in [-0.15, -0.1) is 0 Å². The van der Waals surface area contributed by atoms with E-state index in [0.717, 1.165) is 5.56 Å². The highest BCUT2D eigenvalue weighted by Gasteiger charge is 1.99. The predicted molar refractivity (Wildman–Crippen MR) is 85.6 cm³/mol. The fourth-order valence-electron chi connectivity index (χ4n) is 1.37. The molecule has 0 unspecified atom stereocenters. The zero-order valence-corrected chi connectivity index (χ0v) is 13.1. The van der Waals surface area contributed by atoms with Crippen LogP contribution >= 0.6 is 0 Å². The molecule has 0 spiro atoms. The van der Waals surface area contributed by atoms with Gasteiger partial charge in [0, 0.05) is 12.4 Å². The molecule has 20 heavy (non-hydrogen) atoms. The molecule has 2 rings (SSSR count). The Morgan fingerprint density at radius 2 is 1.65 bits per heavy atom. The Labute approximate surface area is 123 Å². The minimum absolute atomic E-state index is 0.441. The molecule has 106 valence electrons. The molecule has 0 bridgehead atoms. The summed E-state index contributed by atoms with van der Waals surface area (Å²) in [7, 11) is 0. The van der Waals surface area contributed by atoms with E-state index in [0.29, 0.717) is 11.5 Å². The summed E-state index contributed by atoms with van der Waals surface area (Å²) in [5, 5.41) is 8.55. The summed E-state index contributed by atoms with van der Waals surface area (Å²) in [6.07, 6.45) is 3.37. The molecule has 2 heteroatoms. The van der Waals surface area contributed by atoms with Crippen LogP contribution in [0.1, 0.15) is 50.3 Å². The fraction of sp³-hybridized carbons (Fsp3) is 0.333. The van der Waals surface area contributed by atoms with Crippen molar-refractivity contribution < 1.29 is 0 Å². The quantitative estimate of drug-likeness (QED) is 0.721. The molecule has 0 amide bonds. The Balaban J connectivity index is 0.000000345. The van der Waals surface area contributed by atoms with E-state index in [9.17, 15) is 0 Å². The zero-order valence-electron chi connectivity index (χ0n) is 13.1. The number of nitriles is 1. The first-order chi connectivity index (χ1) is 9.63. The monoisotopic (exact) mass is 268 g/mol. The number of nitrogens with zero attached hydrogens (tertiary/aromatic N) is 2. The normalized spacial score (nSPS) is 8.65. The first kappa shape index (κ1) is 17.9. The van der Waals surface area contributed by atoms with Gasteiger partial charge in [0.05, 0.1) is 5.56 Å². The molecule has 2 nitrogen and oxygen atoms in total. The largest absolute Gasteiger partial charge is 0.263 e. The van der Waals surface area contributed by atoms with Gasteiger partial charge < -0.3 is 0 Å². The number of aryl methyl sites for hydroxylation is 1. The van der Waals surface area contributed by atoms with Crippen LogP contribution in [0.2, 0.25) is 0 Å². The molecule has 0 saturated heterocycles. The van der Waals surface area contributed by atoms with Crippen molar-refractivity contribution in [2.45, 2.75) is 40.5 Å². The van der Waals surface area contributed by atoms with Crippen molar-refractivity contribution in [3.8, 4) is 6.07 Å². The second-order valence-corrected chi connectivity index (χ2v) is 4.43. The smallest absolute Gasteiger partial charge is 0.101 e. The molecule has 1 heterocycles. The number of rotatable bonds is 1. The summed E-state index contributed by atoms with van der Waals surface area (Å²) in [6, 6.07) is 14.2. The molecule has 0 aliphatic heterocycles. The first-order valence-electron chi connectivity index (χ1n) is 7.00. The summed E-state index contributed by atoms with van der Waals surface area (Å²) in [5.74, 6) is 0.441. The van der Waals surface area contributed by atoms with Crippen LogP contribution in [0, 0.1) is 18.3 Å². The van der Waals surface area contributed by atoms with E-state index in [1.165, 1.54) is 5.56 Å². The Bertz CT molecular complexity index is 510. The van der Waals surface area contributed by atoms with Crippen molar-refractivity contribution in [2.75, 3.05) is 0 Å². The molecule has 0 radical (unpaired) electrons. The van der Waals surface area contributed by atoms with Gasteiger partial charge in [-0.2, -0.15) is 5.26 Å². The van der Waals surface area contributed by atoms with Gasteiger partial charge in [0.25, 0.3) is 0 Å². The topological polar surface area (TPSA) is 36.7 Å². The molecule has 0 N–H and O–H groups in total. The summed E-state index contributed by atoms with van der Waals surface area (Å²) >= 11 is 0. The number of hydrogen-bond donors (Lipinski definition) is 0. The molecule has 0 saturated carbocycles. The van der Waals surface area contributed by atoms with Crippen LogP contribution in [-0.2, 0) is 0 Å². The highest BCUT2D eigenvalue weighted by Crippen LogP contribution is 2.13. The summed E-state index contributed by atoms with van der Waals surface area (Å²) in [5.41, 5.74) is 3.07. The maximum atomic E-state index is 8.55.